The monoisotopic (exact) mass is 263 g/mol. The van der Waals surface area contributed by atoms with Gasteiger partial charge in [0.25, 0.3) is 5.89 Å². The van der Waals surface area contributed by atoms with Crippen LogP contribution in [0, 0.1) is 6.92 Å². The molecule has 18 heavy (non-hydrogen) atoms. The van der Waals surface area contributed by atoms with Gasteiger partial charge in [-0.05, 0) is 37.8 Å². The summed E-state index contributed by atoms with van der Waals surface area (Å²) in [6.07, 6.45) is 1.02. The highest BCUT2D eigenvalue weighted by Crippen LogP contribution is 2.19. The predicted octanol–water partition coefficient (Wildman–Crippen LogP) is 2.63. The number of hydrogen-bond donors (Lipinski definition) is 1. The molecule has 0 aliphatic carbocycles. The summed E-state index contributed by atoms with van der Waals surface area (Å²) in [6, 6.07) is 8.05. The molecule has 4 nitrogen and oxygen atoms in total. The van der Waals surface area contributed by atoms with E-state index in [1.54, 1.807) is 11.8 Å². The molecule has 0 saturated carbocycles. The van der Waals surface area contributed by atoms with Crippen LogP contribution in [0.2, 0.25) is 0 Å². The standard InChI is InChI=1S/C13H17N3OS/c1-10-4-2-5-11(8-10)13-15-12(16-17-13)9-18-7-3-6-14/h2,4-5,8H,3,6-7,9,14H2,1H3. The molecule has 96 valence electrons. The van der Waals surface area contributed by atoms with E-state index in [9.17, 15) is 0 Å². The average molecular weight is 263 g/mol. The van der Waals surface area contributed by atoms with Crippen molar-refractivity contribution in [2.24, 2.45) is 5.73 Å². The lowest BCUT2D eigenvalue weighted by molar-refractivity contribution is 0.425. The van der Waals surface area contributed by atoms with E-state index in [0.29, 0.717) is 5.89 Å². The summed E-state index contributed by atoms with van der Waals surface area (Å²) in [6.45, 7) is 2.78. The van der Waals surface area contributed by atoms with Crippen LogP contribution in [0.5, 0.6) is 0 Å². The average Bonchev–Trinajstić information content (AvgIpc) is 2.83. The van der Waals surface area contributed by atoms with Crippen LogP contribution in [0.3, 0.4) is 0 Å². The summed E-state index contributed by atoms with van der Waals surface area (Å²) < 4.78 is 5.26. The summed E-state index contributed by atoms with van der Waals surface area (Å²) in [7, 11) is 0. The third kappa shape index (κ3) is 3.58. The normalized spacial score (nSPS) is 10.8. The Balaban J connectivity index is 1.97. The Morgan fingerprint density at radius 1 is 1.39 bits per heavy atom. The van der Waals surface area contributed by atoms with Crippen LogP contribution in [-0.2, 0) is 5.75 Å². The van der Waals surface area contributed by atoms with Crippen LogP contribution in [0.1, 0.15) is 17.8 Å². The molecule has 2 rings (SSSR count). The number of nitrogens with two attached hydrogens (primary N) is 1. The smallest absolute Gasteiger partial charge is 0.257 e. The minimum absolute atomic E-state index is 0.591. The number of nitrogens with zero attached hydrogens (tertiary/aromatic N) is 2. The third-order valence-corrected chi connectivity index (χ3v) is 3.50. The van der Waals surface area contributed by atoms with Gasteiger partial charge in [-0.3, -0.25) is 0 Å². The molecule has 0 aliphatic rings. The maximum absolute atomic E-state index is 5.44. The highest BCUT2D eigenvalue weighted by molar-refractivity contribution is 7.98. The first-order valence-corrected chi connectivity index (χ1v) is 7.12. The summed E-state index contributed by atoms with van der Waals surface area (Å²) in [5, 5.41) is 3.98. The summed E-state index contributed by atoms with van der Waals surface area (Å²) in [5.41, 5.74) is 7.60. The molecule has 0 bridgehead atoms. The zero-order valence-electron chi connectivity index (χ0n) is 10.4. The molecule has 0 spiro atoms. The number of benzene rings is 1. The molecule has 2 N–H and O–H groups in total. The lowest BCUT2D eigenvalue weighted by atomic mass is 10.1. The van der Waals surface area contributed by atoms with Crippen LogP contribution in [-0.4, -0.2) is 22.4 Å². The second-order valence-electron chi connectivity index (χ2n) is 4.08. The van der Waals surface area contributed by atoms with Crippen molar-refractivity contribution < 1.29 is 4.52 Å². The van der Waals surface area contributed by atoms with E-state index in [1.807, 2.05) is 31.2 Å². The molecule has 0 amide bonds. The van der Waals surface area contributed by atoms with Gasteiger partial charge < -0.3 is 10.3 Å². The Hall–Kier alpha value is -1.33. The molecule has 1 heterocycles. The molecular weight excluding hydrogens is 246 g/mol. The number of hydrogen-bond acceptors (Lipinski definition) is 5. The topological polar surface area (TPSA) is 64.9 Å². The molecule has 0 atom stereocenters. The second kappa shape index (κ2) is 6.56. The van der Waals surface area contributed by atoms with Crippen molar-refractivity contribution in [1.82, 2.24) is 10.1 Å². The van der Waals surface area contributed by atoms with E-state index in [-0.39, 0.29) is 0 Å². The van der Waals surface area contributed by atoms with Crippen LogP contribution in [0.25, 0.3) is 11.5 Å². The number of aryl methyl sites for hydroxylation is 1. The SMILES string of the molecule is Cc1cccc(-c2nc(CSCCCN)no2)c1. The van der Waals surface area contributed by atoms with Gasteiger partial charge in [0.1, 0.15) is 0 Å². The predicted molar refractivity (Wildman–Crippen MR) is 74.3 cm³/mol. The van der Waals surface area contributed by atoms with Gasteiger partial charge in [-0.25, -0.2) is 0 Å². The van der Waals surface area contributed by atoms with Crippen molar-refractivity contribution in [2.45, 2.75) is 19.1 Å². The van der Waals surface area contributed by atoms with Crippen LogP contribution in [0.4, 0.5) is 0 Å². The van der Waals surface area contributed by atoms with Gasteiger partial charge >= 0.3 is 0 Å². The number of thioether (sulfide) groups is 1. The minimum Gasteiger partial charge on any atom is -0.334 e. The minimum atomic E-state index is 0.591. The Kier molecular flexibility index (Phi) is 4.78. The van der Waals surface area contributed by atoms with Crippen molar-refractivity contribution in [3.05, 3.63) is 35.7 Å². The first-order chi connectivity index (χ1) is 8.79. The first-order valence-electron chi connectivity index (χ1n) is 5.97. The van der Waals surface area contributed by atoms with Gasteiger partial charge in [-0.15, -0.1) is 0 Å². The first kappa shape index (κ1) is 13.1. The van der Waals surface area contributed by atoms with Gasteiger partial charge in [0.05, 0.1) is 5.75 Å². The van der Waals surface area contributed by atoms with Gasteiger partial charge in [0.15, 0.2) is 5.82 Å². The summed E-state index contributed by atoms with van der Waals surface area (Å²) in [4.78, 5) is 4.39. The van der Waals surface area contributed by atoms with Crippen molar-refractivity contribution in [2.75, 3.05) is 12.3 Å². The fraction of sp³-hybridized carbons (Fsp3) is 0.385. The highest BCUT2D eigenvalue weighted by Gasteiger charge is 2.08. The number of rotatable bonds is 6. The molecule has 0 unspecified atom stereocenters. The molecule has 0 saturated heterocycles. The van der Waals surface area contributed by atoms with Crippen molar-refractivity contribution in [3.8, 4) is 11.5 Å². The fourth-order valence-electron chi connectivity index (χ4n) is 1.56. The van der Waals surface area contributed by atoms with Gasteiger partial charge in [0.2, 0.25) is 0 Å². The van der Waals surface area contributed by atoms with Crippen molar-refractivity contribution in [3.63, 3.8) is 0 Å². The lowest BCUT2D eigenvalue weighted by Crippen LogP contribution is -1.99. The van der Waals surface area contributed by atoms with Crippen molar-refractivity contribution in [1.29, 1.82) is 0 Å². The molecular formula is C13H17N3OS. The molecule has 1 aromatic heterocycles. The zero-order valence-corrected chi connectivity index (χ0v) is 11.2. The quantitative estimate of drug-likeness (QED) is 0.812. The van der Waals surface area contributed by atoms with Gasteiger partial charge in [-0.1, -0.05) is 22.9 Å². The van der Waals surface area contributed by atoms with Crippen LogP contribution in [0.15, 0.2) is 28.8 Å². The van der Waals surface area contributed by atoms with E-state index < -0.39 is 0 Å². The fourth-order valence-corrected chi connectivity index (χ4v) is 2.37. The molecule has 5 heteroatoms. The van der Waals surface area contributed by atoms with E-state index >= 15 is 0 Å². The molecule has 0 aliphatic heterocycles. The van der Waals surface area contributed by atoms with Crippen LogP contribution < -0.4 is 5.73 Å². The number of aromatic nitrogens is 2. The Morgan fingerprint density at radius 3 is 3.06 bits per heavy atom. The molecule has 2 aromatic rings. The lowest BCUT2D eigenvalue weighted by Gasteiger charge is -1.95. The largest absolute Gasteiger partial charge is 0.334 e. The van der Waals surface area contributed by atoms with E-state index in [2.05, 4.69) is 10.1 Å². The Labute approximate surface area is 111 Å². The third-order valence-electron chi connectivity index (χ3n) is 2.46. The van der Waals surface area contributed by atoms with Gasteiger partial charge in [-0.2, -0.15) is 16.7 Å². The second-order valence-corrected chi connectivity index (χ2v) is 5.19. The maximum Gasteiger partial charge on any atom is 0.257 e. The maximum atomic E-state index is 5.44. The highest BCUT2D eigenvalue weighted by atomic mass is 32.2. The Bertz CT molecular complexity index is 498. The van der Waals surface area contributed by atoms with Crippen molar-refractivity contribution >= 4 is 11.8 Å². The van der Waals surface area contributed by atoms with E-state index in [1.165, 1.54) is 5.56 Å². The van der Waals surface area contributed by atoms with Gasteiger partial charge in [0, 0.05) is 5.56 Å². The molecule has 1 aromatic carbocycles. The zero-order chi connectivity index (χ0) is 12.8. The van der Waals surface area contributed by atoms with E-state index in [4.69, 9.17) is 10.3 Å². The molecule has 0 fully saturated rings. The van der Waals surface area contributed by atoms with E-state index in [0.717, 1.165) is 35.9 Å². The summed E-state index contributed by atoms with van der Waals surface area (Å²) in [5.74, 6) is 3.14. The summed E-state index contributed by atoms with van der Waals surface area (Å²) >= 11 is 1.78. The van der Waals surface area contributed by atoms with Crippen LogP contribution >= 0.6 is 11.8 Å². The molecule has 0 radical (unpaired) electrons. The Morgan fingerprint density at radius 2 is 2.28 bits per heavy atom.